The second-order valence-corrected chi connectivity index (χ2v) is 7.02. The zero-order valence-corrected chi connectivity index (χ0v) is 13.7. The number of likely N-dealkylation sites (tertiary alicyclic amines) is 2. The molecule has 2 heterocycles. The van der Waals surface area contributed by atoms with Gasteiger partial charge in [0.15, 0.2) is 0 Å². The molecule has 0 unspecified atom stereocenters. The lowest BCUT2D eigenvalue weighted by molar-refractivity contribution is 0.107. The van der Waals surface area contributed by atoms with Gasteiger partial charge in [-0.3, -0.25) is 4.90 Å². The van der Waals surface area contributed by atoms with Gasteiger partial charge in [0.05, 0.1) is 0 Å². The van der Waals surface area contributed by atoms with Crippen molar-refractivity contribution in [2.45, 2.75) is 51.1 Å². The summed E-state index contributed by atoms with van der Waals surface area (Å²) in [6.45, 7) is 6.17. The summed E-state index contributed by atoms with van der Waals surface area (Å²) in [5, 5.41) is 0.854. The predicted octanol–water partition coefficient (Wildman–Crippen LogP) is 4.18. The largest absolute Gasteiger partial charge is 0.300 e. The topological polar surface area (TPSA) is 6.48 Å². The average molecular weight is 307 g/mol. The lowest BCUT2D eigenvalue weighted by Crippen LogP contribution is -2.45. The Kier molecular flexibility index (Phi) is 5.56. The zero-order valence-electron chi connectivity index (χ0n) is 12.9. The van der Waals surface area contributed by atoms with Crippen molar-refractivity contribution in [3.63, 3.8) is 0 Å². The van der Waals surface area contributed by atoms with Crippen molar-refractivity contribution in [2.75, 3.05) is 26.2 Å². The molecule has 21 heavy (non-hydrogen) atoms. The summed E-state index contributed by atoms with van der Waals surface area (Å²) >= 11 is 6.08. The molecule has 0 spiro atoms. The van der Waals surface area contributed by atoms with Gasteiger partial charge in [-0.05, 0) is 69.6 Å². The summed E-state index contributed by atoms with van der Waals surface area (Å²) in [6, 6.07) is 9.13. The van der Waals surface area contributed by atoms with Crippen molar-refractivity contribution in [2.24, 2.45) is 0 Å². The lowest BCUT2D eigenvalue weighted by Gasteiger charge is -2.38. The second kappa shape index (κ2) is 7.62. The van der Waals surface area contributed by atoms with Gasteiger partial charge in [-0.25, -0.2) is 0 Å². The van der Waals surface area contributed by atoms with Gasteiger partial charge < -0.3 is 4.90 Å². The first-order chi connectivity index (χ1) is 10.3. The van der Waals surface area contributed by atoms with Gasteiger partial charge in [0.2, 0.25) is 0 Å². The van der Waals surface area contributed by atoms with Crippen molar-refractivity contribution in [3.8, 4) is 0 Å². The van der Waals surface area contributed by atoms with E-state index in [0.29, 0.717) is 0 Å². The summed E-state index contributed by atoms with van der Waals surface area (Å²) in [6.07, 6.45) is 8.35. The fraction of sp³-hybridized carbons (Fsp3) is 0.667. The highest BCUT2D eigenvalue weighted by Crippen LogP contribution is 2.22. The van der Waals surface area contributed by atoms with Crippen LogP contribution in [0.2, 0.25) is 5.02 Å². The molecule has 2 aliphatic rings. The minimum Gasteiger partial charge on any atom is -0.300 e. The molecule has 1 aromatic rings. The second-order valence-electron chi connectivity index (χ2n) is 6.59. The molecule has 2 fully saturated rings. The molecule has 2 saturated heterocycles. The number of benzene rings is 1. The maximum atomic E-state index is 6.08. The van der Waals surface area contributed by atoms with Gasteiger partial charge in [0.1, 0.15) is 0 Å². The first-order valence-corrected chi connectivity index (χ1v) is 8.90. The highest BCUT2D eigenvalue weighted by molar-refractivity contribution is 6.30. The molecule has 0 bridgehead atoms. The van der Waals surface area contributed by atoms with Gasteiger partial charge in [0.25, 0.3) is 0 Å². The van der Waals surface area contributed by atoms with E-state index in [2.05, 4.69) is 28.0 Å². The van der Waals surface area contributed by atoms with Crippen molar-refractivity contribution in [3.05, 3.63) is 34.9 Å². The first kappa shape index (κ1) is 15.3. The molecule has 0 amide bonds. The SMILES string of the molecule is Clc1cccc(CN2CCC(N3CCCCCC3)CC2)c1. The minimum atomic E-state index is 0.832. The van der Waals surface area contributed by atoms with Crippen LogP contribution in [0.15, 0.2) is 24.3 Å². The number of hydrogen-bond acceptors (Lipinski definition) is 2. The Morgan fingerprint density at radius 2 is 1.67 bits per heavy atom. The molecule has 0 atom stereocenters. The minimum absolute atomic E-state index is 0.832. The van der Waals surface area contributed by atoms with Crippen molar-refractivity contribution in [1.29, 1.82) is 0 Å². The molecular formula is C18H27ClN2. The Bertz CT molecular complexity index is 433. The summed E-state index contributed by atoms with van der Waals surface area (Å²) in [7, 11) is 0. The van der Waals surface area contributed by atoms with Crippen LogP contribution in [-0.2, 0) is 6.54 Å². The van der Waals surface area contributed by atoms with Crippen molar-refractivity contribution in [1.82, 2.24) is 9.80 Å². The third-order valence-electron chi connectivity index (χ3n) is 5.01. The van der Waals surface area contributed by atoms with Gasteiger partial charge >= 0.3 is 0 Å². The molecule has 0 N–H and O–H groups in total. The molecule has 116 valence electrons. The van der Waals surface area contributed by atoms with E-state index in [1.807, 2.05) is 6.07 Å². The molecule has 1 aromatic carbocycles. The predicted molar refractivity (Wildman–Crippen MR) is 89.8 cm³/mol. The highest BCUT2D eigenvalue weighted by atomic mass is 35.5. The number of rotatable bonds is 3. The third-order valence-corrected chi connectivity index (χ3v) is 5.24. The standard InChI is InChI=1S/C18H27ClN2/c19-17-7-5-6-16(14-17)15-20-12-8-18(9-13-20)21-10-3-1-2-4-11-21/h5-7,14,18H,1-4,8-13,15H2. The molecule has 0 radical (unpaired) electrons. The zero-order chi connectivity index (χ0) is 14.5. The number of hydrogen-bond donors (Lipinski definition) is 0. The van der Waals surface area contributed by atoms with E-state index in [1.165, 1.54) is 70.3 Å². The van der Waals surface area contributed by atoms with Gasteiger partial charge in [-0.1, -0.05) is 36.6 Å². The maximum Gasteiger partial charge on any atom is 0.0409 e. The van der Waals surface area contributed by atoms with Gasteiger partial charge in [-0.2, -0.15) is 0 Å². The Hall–Kier alpha value is -0.570. The Labute approximate surface area is 134 Å². The third kappa shape index (κ3) is 4.45. The Morgan fingerprint density at radius 1 is 0.952 bits per heavy atom. The molecule has 3 heteroatoms. The van der Waals surface area contributed by atoms with Crippen LogP contribution in [-0.4, -0.2) is 42.0 Å². The van der Waals surface area contributed by atoms with E-state index >= 15 is 0 Å². The average Bonchev–Trinajstić information content (AvgIpc) is 2.77. The molecule has 2 aliphatic heterocycles. The number of halogens is 1. The Balaban J connectivity index is 1.48. The highest BCUT2D eigenvalue weighted by Gasteiger charge is 2.24. The van der Waals surface area contributed by atoms with Crippen LogP contribution in [0.25, 0.3) is 0 Å². The normalized spacial score (nSPS) is 23.1. The molecule has 0 aromatic heterocycles. The summed E-state index contributed by atoms with van der Waals surface area (Å²) < 4.78 is 0. The molecule has 0 saturated carbocycles. The van der Waals surface area contributed by atoms with Crippen LogP contribution >= 0.6 is 11.6 Å². The fourth-order valence-corrected chi connectivity index (χ4v) is 4.01. The van der Waals surface area contributed by atoms with E-state index in [9.17, 15) is 0 Å². The van der Waals surface area contributed by atoms with Crippen LogP contribution in [0.5, 0.6) is 0 Å². The van der Waals surface area contributed by atoms with Crippen LogP contribution in [0.1, 0.15) is 44.1 Å². The monoisotopic (exact) mass is 306 g/mol. The maximum absolute atomic E-state index is 6.08. The smallest absolute Gasteiger partial charge is 0.0409 e. The van der Waals surface area contributed by atoms with E-state index in [-0.39, 0.29) is 0 Å². The van der Waals surface area contributed by atoms with E-state index < -0.39 is 0 Å². The van der Waals surface area contributed by atoms with Crippen LogP contribution in [0.3, 0.4) is 0 Å². The van der Waals surface area contributed by atoms with Crippen molar-refractivity contribution < 1.29 is 0 Å². The van der Waals surface area contributed by atoms with E-state index in [0.717, 1.165) is 17.6 Å². The van der Waals surface area contributed by atoms with Crippen LogP contribution in [0.4, 0.5) is 0 Å². The summed E-state index contributed by atoms with van der Waals surface area (Å²) in [5.41, 5.74) is 1.34. The van der Waals surface area contributed by atoms with Crippen LogP contribution < -0.4 is 0 Å². The van der Waals surface area contributed by atoms with E-state index in [4.69, 9.17) is 11.6 Å². The quantitative estimate of drug-likeness (QED) is 0.826. The van der Waals surface area contributed by atoms with E-state index in [1.54, 1.807) is 0 Å². The van der Waals surface area contributed by atoms with Gasteiger partial charge in [-0.15, -0.1) is 0 Å². The van der Waals surface area contributed by atoms with Crippen LogP contribution in [0, 0.1) is 0 Å². The summed E-state index contributed by atoms with van der Waals surface area (Å²) in [5.74, 6) is 0. The number of piperidine rings is 1. The Morgan fingerprint density at radius 3 is 2.33 bits per heavy atom. The summed E-state index contributed by atoms with van der Waals surface area (Å²) in [4.78, 5) is 5.35. The molecule has 0 aliphatic carbocycles. The lowest BCUT2D eigenvalue weighted by atomic mass is 10.0. The molecule has 2 nitrogen and oxygen atoms in total. The van der Waals surface area contributed by atoms with Crippen molar-refractivity contribution >= 4 is 11.6 Å². The molecular weight excluding hydrogens is 280 g/mol. The molecule has 3 rings (SSSR count). The number of nitrogens with zero attached hydrogens (tertiary/aromatic N) is 2. The van der Waals surface area contributed by atoms with Gasteiger partial charge in [0, 0.05) is 17.6 Å². The fourth-order valence-electron chi connectivity index (χ4n) is 3.80. The first-order valence-electron chi connectivity index (χ1n) is 8.52.